The highest BCUT2D eigenvalue weighted by Crippen LogP contribution is 2.28. The smallest absolute Gasteiger partial charge is 0.308 e. The van der Waals surface area contributed by atoms with Gasteiger partial charge in [0.2, 0.25) is 0 Å². The van der Waals surface area contributed by atoms with Crippen molar-refractivity contribution in [1.82, 2.24) is 0 Å². The predicted octanol–water partition coefficient (Wildman–Crippen LogP) is 2.87. The zero-order chi connectivity index (χ0) is 20.5. The van der Waals surface area contributed by atoms with Gasteiger partial charge < -0.3 is 24.1 Å². The first kappa shape index (κ1) is 21.5. The quantitative estimate of drug-likeness (QED) is 0.653. The maximum Gasteiger partial charge on any atom is 0.308 e. The average molecular weight is 400 g/mol. The van der Waals surface area contributed by atoms with Crippen LogP contribution in [0.25, 0.3) is 0 Å². The van der Waals surface area contributed by atoms with Crippen LogP contribution >= 0.6 is 0 Å². The topological polar surface area (TPSA) is 74.2 Å². The molecule has 0 radical (unpaired) electrons. The Bertz CT molecular complexity index is 736. The van der Waals surface area contributed by atoms with Gasteiger partial charge in [0.05, 0.1) is 45.6 Å². The van der Waals surface area contributed by atoms with Gasteiger partial charge in [-0.1, -0.05) is 60.7 Å². The molecule has 0 spiro atoms. The highest BCUT2D eigenvalue weighted by Gasteiger charge is 2.40. The third-order valence-corrected chi connectivity index (χ3v) is 4.99. The maximum atomic E-state index is 11.7. The molecule has 1 N–H and O–H groups in total. The van der Waals surface area contributed by atoms with Crippen LogP contribution in [0.3, 0.4) is 0 Å². The van der Waals surface area contributed by atoms with E-state index in [0.717, 1.165) is 11.1 Å². The van der Waals surface area contributed by atoms with E-state index >= 15 is 0 Å². The van der Waals surface area contributed by atoms with Gasteiger partial charge in [0.25, 0.3) is 0 Å². The van der Waals surface area contributed by atoms with Crippen molar-refractivity contribution in [3.05, 3.63) is 71.8 Å². The van der Waals surface area contributed by atoms with Crippen molar-refractivity contribution < 1.29 is 28.8 Å². The molecule has 1 fully saturated rings. The maximum absolute atomic E-state index is 11.7. The van der Waals surface area contributed by atoms with Gasteiger partial charge in [0, 0.05) is 6.42 Å². The number of hydrogen-bond donors (Lipinski definition) is 1. The first-order valence-electron chi connectivity index (χ1n) is 9.83. The molecule has 1 saturated heterocycles. The fourth-order valence-corrected chi connectivity index (χ4v) is 3.48. The van der Waals surface area contributed by atoms with E-state index in [1.165, 1.54) is 7.11 Å². The molecule has 6 nitrogen and oxygen atoms in total. The Kier molecular flexibility index (Phi) is 8.19. The van der Waals surface area contributed by atoms with Crippen molar-refractivity contribution in [2.45, 2.75) is 50.5 Å². The summed E-state index contributed by atoms with van der Waals surface area (Å²) in [6.45, 7) is 0.584. The summed E-state index contributed by atoms with van der Waals surface area (Å²) < 4.78 is 23.0. The number of esters is 1. The second-order valence-electron chi connectivity index (χ2n) is 7.09. The van der Waals surface area contributed by atoms with Crippen LogP contribution in [0.5, 0.6) is 0 Å². The van der Waals surface area contributed by atoms with Gasteiger partial charge in [0.1, 0.15) is 12.2 Å². The van der Waals surface area contributed by atoms with Crippen LogP contribution in [-0.2, 0) is 37.0 Å². The lowest BCUT2D eigenvalue weighted by molar-refractivity contribution is -0.218. The molecule has 1 aliphatic rings. The predicted molar refractivity (Wildman–Crippen MR) is 107 cm³/mol. The van der Waals surface area contributed by atoms with Crippen molar-refractivity contribution >= 4 is 5.97 Å². The molecular weight excluding hydrogens is 372 g/mol. The SMILES string of the molecule is COC(=O)C[C@@H]1C[C@H](OCc2ccccc2)[C@@H](OCc2ccccc2)[C@H](CO)O1. The summed E-state index contributed by atoms with van der Waals surface area (Å²) in [6, 6.07) is 19.7. The Morgan fingerprint density at radius 3 is 2.14 bits per heavy atom. The van der Waals surface area contributed by atoms with Gasteiger partial charge in [-0.05, 0) is 11.1 Å². The number of aliphatic hydroxyl groups excluding tert-OH is 1. The van der Waals surface area contributed by atoms with Gasteiger partial charge in [-0.15, -0.1) is 0 Å². The third kappa shape index (κ3) is 6.37. The minimum atomic E-state index is -0.581. The Morgan fingerprint density at radius 1 is 1.00 bits per heavy atom. The fourth-order valence-electron chi connectivity index (χ4n) is 3.48. The normalized spacial score (nSPS) is 24.2. The zero-order valence-electron chi connectivity index (χ0n) is 16.6. The molecule has 0 aliphatic carbocycles. The lowest BCUT2D eigenvalue weighted by Crippen LogP contribution is -2.52. The Morgan fingerprint density at radius 2 is 1.59 bits per heavy atom. The van der Waals surface area contributed by atoms with Crippen LogP contribution in [0.4, 0.5) is 0 Å². The second kappa shape index (κ2) is 11.1. The van der Waals surface area contributed by atoms with Crippen LogP contribution in [0.1, 0.15) is 24.0 Å². The summed E-state index contributed by atoms with van der Waals surface area (Å²) in [5.74, 6) is -0.350. The summed E-state index contributed by atoms with van der Waals surface area (Å²) in [4.78, 5) is 11.7. The molecular formula is C23H28O6. The van der Waals surface area contributed by atoms with Gasteiger partial charge in [-0.2, -0.15) is 0 Å². The highest BCUT2D eigenvalue weighted by atomic mass is 16.6. The Labute approximate surface area is 171 Å². The van der Waals surface area contributed by atoms with E-state index in [2.05, 4.69) is 0 Å². The number of hydrogen-bond acceptors (Lipinski definition) is 6. The molecule has 3 rings (SSSR count). The van der Waals surface area contributed by atoms with Gasteiger partial charge in [0.15, 0.2) is 0 Å². The van der Waals surface area contributed by atoms with E-state index in [0.29, 0.717) is 19.6 Å². The molecule has 2 aromatic rings. The molecule has 0 saturated carbocycles. The molecule has 0 unspecified atom stereocenters. The van der Waals surface area contributed by atoms with E-state index in [-0.39, 0.29) is 25.1 Å². The van der Waals surface area contributed by atoms with Crippen molar-refractivity contribution in [2.75, 3.05) is 13.7 Å². The van der Waals surface area contributed by atoms with Gasteiger partial charge in [-0.25, -0.2) is 0 Å². The first-order valence-corrected chi connectivity index (χ1v) is 9.83. The monoisotopic (exact) mass is 400 g/mol. The lowest BCUT2D eigenvalue weighted by atomic mass is 9.95. The summed E-state index contributed by atoms with van der Waals surface area (Å²) in [6.07, 6.45) is -1.14. The molecule has 6 heteroatoms. The highest BCUT2D eigenvalue weighted by molar-refractivity contribution is 5.69. The van der Waals surface area contributed by atoms with Crippen LogP contribution < -0.4 is 0 Å². The molecule has 29 heavy (non-hydrogen) atoms. The van der Waals surface area contributed by atoms with Crippen LogP contribution in [0, 0.1) is 0 Å². The van der Waals surface area contributed by atoms with E-state index < -0.39 is 18.3 Å². The fraction of sp³-hybridized carbons (Fsp3) is 0.435. The largest absolute Gasteiger partial charge is 0.469 e. The molecule has 156 valence electrons. The summed E-state index contributed by atoms with van der Waals surface area (Å²) in [5, 5.41) is 9.89. The van der Waals surface area contributed by atoms with Crippen LogP contribution in [0.2, 0.25) is 0 Å². The number of methoxy groups -OCH3 is 1. The molecule has 1 heterocycles. The van der Waals surface area contributed by atoms with E-state index in [1.807, 2.05) is 60.7 Å². The Balaban J connectivity index is 1.70. The number of ether oxygens (including phenoxy) is 4. The molecule has 0 amide bonds. The minimum Gasteiger partial charge on any atom is -0.469 e. The molecule has 4 atom stereocenters. The van der Waals surface area contributed by atoms with Crippen molar-refractivity contribution in [3.8, 4) is 0 Å². The summed E-state index contributed by atoms with van der Waals surface area (Å²) in [5.41, 5.74) is 2.08. The molecule has 0 bridgehead atoms. The summed E-state index contributed by atoms with van der Waals surface area (Å²) >= 11 is 0. The average Bonchev–Trinajstić information content (AvgIpc) is 2.77. The van der Waals surface area contributed by atoms with E-state index in [4.69, 9.17) is 18.9 Å². The van der Waals surface area contributed by atoms with E-state index in [1.54, 1.807) is 0 Å². The number of carbonyl (C=O) groups is 1. The van der Waals surface area contributed by atoms with Gasteiger partial charge >= 0.3 is 5.97 Å². The zero-order valence-corrected chi connectivity index (χ0v) is 16.6. The number of rotatable bonds is 9. The van der Waals surface area contributed by atoms with Crippen LogP contribution in [-0.4, -0.2) is 49.2 Å². The van der Waals surface area contributed by atoms with Crippen molar-refractivity contribution in [3.63, 3.8) is 0 Å². The molecule has 0 aromatic heterocycles. The number of carbonyl (C=O) groups excluding carboxylic acids is 1. The first-order chi connectivity index (χ1) is 14.2. The van der Waals surface area contributed by atoms with Crippen molar-refractivity contribution in [2.24, 2.45) is 0 Å². The number of aliphatic hydroxyl groups is 1. The third-order valence-electron chi connectivity index (χ3n) is 4.99. The second-order valence-corrected chi connectivity index (χ2v) is 7.09. The standard InChI is InChI=1S/C23H28O6/c1-26-22(25)13-19-12-20(27-15-17-8-4-2-5-9-17)23(21(14-24)29-19)28-16-18-10-6-3-7-11-18/h2-11,19-21,23-24H,12-16H2,1H3/t19-,20-,21-,23+/m0/s1. The Hall–Kier alpha value is -2.25. The van der Waals surface area contributed by atoms with E-state index in [9.17, 15) is 9.90 Å². The number of benzene rings is 2. The molecule has 2 aromatic carbocycles. The minimum absolute atomic E-state index is 0.115. The molecule has 1 aliphatic heterocycles. The van der Waals surface area contributed by atoms with Crippen molar-refractivity contribution in [1.29, 1.82) is 0 Å². The summed E-state index contributed by atoms with van der Waals surface area (Å²) in [7, 11) is 1.35. The van der Waals surface area contributed by atoms with Gasteiger partial charge in [-0.3, -0.25) is 4.79 Å². The van der Waals surface area contributed by atoms with Crippen LogP contribution in [0.15, 0.2) is 60.7 Å². The lowest BCUT2D eigenvalue weighted by Gasteiger charge is -2.40.